The second-order valence-electron chi connectivity index (χ2n) is 13.2. The van der Waals surface area contributed by atoms with Crippen molar-refractivity contribution in [3.8, 4) is 0 Å². The molecule has 0 aliphatic heterocycles. The fourth-order valence-corrected chi connectivity index (χ4v) is 5.40. The van der Waals surface area contributed by atoms with Crippen LogP contribution in [0.4, 0.5) is 0 Å². The first-order chi connectivity index (χ1) is 23.6. The summed E-state index contributed by atoms with van der Waals surface area (Å²) in [6.07, 6.45) is 45.7. The van der Waals surface area contributed by atoms with Crippen LogP contribution >= 0.6 is 0 Å². The molecule has 0 saturated carbocycles. The van der Waals surface area contributed by atoms with Gasteiger partial charge in [-0.2, -0.15) is 0 Å². The number of carbonyl (C=O) groups is 2. The van der Waals surface area contributed by atoms with Crippen LogP contribution in [0.2, 0.25) is 0 Å². The highest BCUT2D eigenvalue weighted by Crippen LogP contribution is 2.13. The quantitative estimate of drug-likeness (QED) is 0.0376. The SMILES string of the molecule is CC/C=C\C/C=C\C/C=C\C/C=C\CCC(=O)OCC(COCCCCCCCCCCCCCCCC)OC(=O)CCCCCCC. The molecular weight excluding hydrogens is 596 g/mol. The van der Waals surface area contributed by atoms with E-state index in [1.54, 1.807) is 0 Å². The van der Waals surface area contributed by atoms with Gasteiger partial charge in [0, 0.05) is 19.4 Å². The monoisotopic (exact) mass is 673 g/mol. The number of unbranched alkanes of at least 4 members (excludes halogenated alkanes) is 17. The Bertz CT molecular complexity index is 812. The maximum Gasteiger partial charge on any atom is 0.306 e. The van der Waals surface area contributed by atoms with Crippen molar-refractivity contribution >= 4 is 11.9 Å². The fraction of sp³-hybridized carbons (Fsp3) is 0.767. The largest absolute Gasteiger partial charge is 0.462 e. The first-order valence-corrected chi connectivity index (χ1v) is 20.2. The zero-order valence-electron chi connectivity index (χ0n) is 31.7. The van der Waals surface area contributed by atoms with E-state index >= 15 is 0 Å². The number of esters is 2. The summed E-state index contributed by atoms with van der Waals surface area (Å²) in [4.78, 5) is 24.8. The van der Waals surface area contributed by atoms with Crippen molar-refractivity contribution in [2.75, 3.05) is 19.8 Å². The molecule has 0 heterocycles. The molecule has 0 aliphatic rings. The second kappa shape index (κ2) is 39.3. The third-order valence-electron chi connectivity index (χ3n) is 8.39. The van der Waals surface area contributed by atoms with Crippen molar-refractivity contribution in [2.24, 2.45) is 0 Å². The average molecular weight is 673 g/mol. The fourth-order valence-electron chi connectivity index (χ4n) is 5.40. The van der Waals surface area contributed by atoms with Gasteiger partial charge >= 0.3 is 11.9 Å². The van der Waals surface area contributed by atoms with Gasteiger partial charge in [0.25, 0.3) is 0 Å². The first kappa shape index (κ1) is 45.9. The highest BCUT2D eigenvalue weighted by molar-refractivity contribution is 5.70. The number of rotatable bonds is 36. The molecule has 0 N–H and O–H groups in total. The van der Waals surface area contributed by atoms with Crippen LogP contribution in [0.25, 0.3) is 0 Å². The zero-order chi connectivity index (χ0) is 35.0. The summed E-state index contributed by atoms with van der Waals surface area (Å²) in [7, 11) is 0. The Morgan fingerprint density at radius 2 is 0.938 bits per heavy atom. The molecular formula is C43H76O5. The summed E-state index contributed by atoms with van der Waals surface area (Å²) in [6, 6.07) is 0. The summed E-state index contributed by atoms with van der Waals surface area (Å²) in [5.74, 6) is -0.502. The molecule has 5 heteroatoms. The van der Waals surface area contributed by atoms with Crippen molar-refractivity contribution in [3.63, 3.8) is 0 Å². The normalized spacial score (nSPS) is 12.6. The number of hydrogen-bond acceptors (Lipinski definition) is 5. The van der Waals surface area contributed by atoms with Crippen molar-refractivity contribution < 1.29 is 23.8 Å². The van der Waals surface area contributed by atoms with E-state index in [4.69, 9.17) is 14.2 Å². The van der Waals surface area contributed by atoms with Crippen LogP contribution in [0.1, 0.15) is 188 Å². The van der Waals surface area contributed by atoms with E-state index in [1.165, 1.54) is 89.9 Å². The van der Waals surface area contributed by atoms with E-state index < -0.39 is 6.10 Å². The third-order valence-corrected chi connectivity index (χ3v) is 8.39. The van der Waals surface area contributed by atoms with Crippen LogP contribution in [-0.2, 0) is 23.8 Å². The average Bonchev–Trinajstić information content (AvgIpc) is 3.08. The molecule has 0 aliphatic carbocycles. The van der Waals surface area contributed by atoms with Gasteiger partial charge in [-0.3, -0.25) is 9.59 Å². The van der Waals surface area contributed by atoms with E-state index in [0.29, 0.717) is 25.9 Å². The molecule has 1 unspecified atom stereocenters. The van der Waals surface area contributed by atoms with Crippen molar-refractivity contribution in [1.29, 1.82) is 0 Å². The molecule has 5 nitrogen and oxygen atoms in total. The second-order valence-corrected chi connectivity index (χ2v) is 13.2. The molecule has 0 rings (SSSR count). The smallest absolute Gasteiger partial charge is 0.306 e. The standard InChI is InChI=1S/C43H76O5/c1-4-7-10-13-15-17-19-21-23-25-27-29-32-35-38-46-39-41(48-43(45)37-34-30-12-9-6-3)40-47-42(44)36-33-31-28-26-24-22-20-18-16-14-11-8-5-2/h8,11,16,18,22,24,28,31,41H,4-7,9-10,12-15,17,19-21,23,25-27,29-30,32-40H2,1-3H3/b11-8-,18-16-,24-22-,31-28-. The minimum absolute atomic E-state index is 0.0490. The Morgan fingerprint density at radius 3 is 1.46 bits per heavy atom. The molecule has 0 spiro atoms. The summed E-state index contributed by atoms with van der Waals surface area (Å²) >= 11 is 0. The Kier molecular flexibility index (Phi) is 37.5. The van der Waals surface area contributed by atoms with Gasteiger partial charge in [-0.15, -0.1) is 0 Å². The lowest BCUT2D eigenvalue weighted by Gasteiger charge is -2.18. The van der Waals surface area contributed by atoms with Crippen molar-refractivity contribution in [1.82, 2.24) is 0 Å². The van der Waals surface area contributed by atoms with Crippen LogP contribution in [0, 0.1) is 0 Å². The maximum absolute atomic E-state index is 12.5. The third kappa shape index (κ3) is 36.7. The molecule has 0 aromatic heterocycles. The van der Waals surface area contributed by atoms with E-state index in [0.717, 1.165) is 57.8 Å². The molecule has 0 aromatic rings. The summed E-state index contributed by atoms with van der Waals surface area (Å²) < 4.78 is 17.1. The Morgan fingerprint density at radius 1 is 0.479 bits per heavy atom. The molecule has 0 saturated heterocycles. The van der Waals surface area contributed by atoms with Gasteiger partial charge in [0.05, 0.1) is 6.61 Å². The van der Waals surface area contributed by atoms with Gasteiger partial charge in [-0.25, -0.2) is 0 Å². The summed E-state index contributed by atoms with van der Waals surface area (Å²) in [5, 5.41) is 0. The number of hydrogen-bond donors (Lipinski definition) is 0. The minimum Gasteiger partial charge on any atom is -0.462 e. The number of carbonyl (C=O) groups excluding carboxylic acids is 2. The van der Waals surface area contributed by atoms with Crippen molar-refractivity contribution in [3.05, 3.63) is 48.6 Å². The molecule has 0 aromatic carbocycles. The van der Waals surface area contributed by atoms with Gasteiger partial charge in [0.1, 0.15) is 6.61 Å². The first-order valence-electron chi connectivity index (χ1n) is 20.2. The van der Waals surface area contributed by atoms with Crippen LogP contribution in [-0.4, -0.2) is 37.9 Å². The van der Waals surface area contributed by atoms with Crippen molar-refractivity contribution in [2.45, 2.75) is 194 Å². The number of allylic oxidation sites excluding steroid dienone is 8. The molecule has 278 valence electrons. The van der Waals surface area contributed by atoms with Crippen LogP contribution in [0.5, 0.6) is 0 Å². The van der Waals surface area contributed by atoms with E-state index in [9.17, 15) is 9.59 Å². The Hall–Kier alpha value is -2.14. The van der Waals surface area contributed by atoms with E-state index in [2.05, 4.69) is 63.3 Å². The molecule has 0 bridgehead atoms. The molecule has 1 atom stereocenters. The molecule has 0 radical (unpaired) electrons. The van der Waals surface area contributed by atoms with Gasteiger partial charge in [0.2, 0.25) is 0 Å². The molecule has 48 heavy (non-hydrogen) atoms. The highest BCUT2D eigenvalue weighted by Gasteiger charge is 2.17. The lowest BCUT2D eigenvalue weighted by molar-refractivity contribution is -0.162. The Labute approximate surface area is 297 Å². The van der Waals surface area contributed by atoms with Crippen LogP contribution in [0.3, 0.4) is 0 Å². The van der Waals surface area contributed by atoms with Gasteiger partial charge in [-0.1, -0.05) is 179 Å². The van der Waals surface area contributed by atoms with E-state index in [1.807, 2.05) is 6.08 Å². The van der Waals surface area contributed by atoms with Gasteiger partial charge in [-0.05, 0) is 44.9 Å². The lowest BCUT2D eigenvalue weighted by Crippen LogP contribution is -2.30. The lowest BCUT2D eigenvalue weighted by atomic mass is 10.0. The highest BCUT2D eigenvalue weighted by atomic mass is 16.6. The van der Waals surface area contributed by atoms with E-state index in [-0.39, 0.29) is 25.2 Å². The molecule has 0 fully saturated rings. The van der Waals surface area contributed by atoms with Crippen LogP contribution < -0.4 is 0 Å². The topological polar surface area (TPSA) is 61.8 Å². The van der Waals surface area contributed by atoms with Gasteiger partial charge < -0.3 is 14.2 Å². The maximum atomic E-state index is 12.5. The summed E-state index contributed by atoms with van der Waals surface area (Å²) in [6.45, 7) is 7.56. The number of ether oxygens (including phenoxy) is 3. The summed E-state index contributed by atoms with van der Waals surface area (Å²) in [5.41, 5.74) is 0. The Balaban J connectivity index is 4.19. The predicted octanol–water partition coefficient (Wildman–Crippen LogP) is 12.9. The zero-order valence-corrected chi connectivity index (χ0v) is 31.7. The predicted molar refractivity (Wildman–Crippen MR) is 205 cm³/mol. The van der Waals surface area contributed by atoms with Crippen LogP contribution in [0.15, 0.2) is 48.6 Å². The molecule has 0 amide bonds. The van der Waals surface area contributed by atoms with Gasteiger partial charge in [0.15, 0.2) is 6.10 Å². The minimum atomic E-state index is -0.555.